The zero-order valence-corrected chi connectivity index (χ0v) is 13.2. The molecule has 3 N–H and O–H groups in total. The van der Waals surface area contributed by atoms with Crippen LogP contribution >= 0.6 is 22.9 Å². The van der Waals surface area contributed by atoms with Crippen LogP contribution in [0.25, 0.3) is 0 Å². The van der Waals surface area contributed by atoms with Crippen LogP contribution in [0.15, 0.2) is 29.6 Å². The molecule has 8 heteroatoms. The molecule has 6 nitrogen and oxygen atoms in total. The first kappa shape index (κ1) is 16.4. The lowest BCUT2D eigenvalue weighted by Crippen LogP contribution is -2.28. The number of carbonyl (C=O) groups is 2. The van der Waals surface area contributed by atoms with Gasteiger partial charge in [-0.15, -0.1) is 11.3 Å². The molecule has 2 rings (SSSR count). The summed E-state index contributed by atoms with van der Waals surface area (Å²) >= 11 is 7.01. The van der Waals surface area contributed by atoms with Crippen LogP contribution in [-0.4, -0.2) is 28.4 Å². The molecule has 0 aliphatic carbocycles. The minimum atomic E-state index is -0.865. The van der Waals surface area contributed by atoms with Gasteiger partial charge in [-0.1, -0.05) is 23.7 Å². The van der Waals surface area contributed by atoms with E-state index in [1.54, 1.807) is 24.3 Å². The molecule has 0 aliphatic heterocycles. The molecule has 0 spiro atoms. The summed E-state index contributed by atoms with van der Waals surface area (Å²) < 4.78 is 0. The molecule has 1 heterocycles. The Hall–Kier alpha value is -1.96. The minimum absolute atomic E-state index is 0.0339. The second kappa shape index (κ2) is 7.35. The number of anilines is 1. The van der Waals surface area contributed by atoms with E-state index in [0.29, 0.717) is 15.7 Å². The second-order valence-electron chi connectivity index (χ2n) is 4.50. The molecule has 0 saturated carbocycles. The highest BCUT2D eigenvalue weighted by molar-refractivity contribution is 7.14. The molecule has 0 fully saturated rings. The first-order valence-corrected chi connectivity index (χ1v) is 7.66. The van der Waals surface area contributed by atoms with Crippen LogP contribution in [0.5, 0.6) is 0 Å². The van der Waals surface area contributed by atoms with E-state index in [-0.39, 0.29) is 18.1 Å². The highest BCUT2D eigenvalue weighted by atomic mass is 35.5. The average molecular weight is 340 g/mol. The Kier molecular flexibility index (Phi) is 5.48. The Labute approximate surface area is 136 Å². The number of nitrogens with one attached hydrogen (secondary N) is 2. The lowest BCUT2D eigenvalue weighted by atomic mass is 10.1. The third-order valence-electron chi connectivity index (χ3n) is 2.71. The van der Waals surface area contributed by atoms with E-state index < -0.39 is 12.0 Å². The van der Waals surface area contributed by atoms with Gasteiger partial charge in [-0.2, -0.15) is 0 Å². The molecule has 0 bridgehead atoms. The van der Waals surface area contributed by atoms with Crippen molar-refractivity contribution in [3.05, 3.63) is 45.9 Å². The van der Waals surface area contributed by atoms with Crippen molar-refractivity contribution in [1.82, 2.24) is 10.3 Å². The smallest absolute Gasteiger partial charge is 0.270 e. The van der Waals surface area contributed by atoms with Crippen LogP contribution in [0.4, 0.5) is 5.13 Å². The molecular weight excluding hydrogens is 326 g/mol. The number of hydrogen-bond donors (Lipinski definition) is 3. The number of rotatable bonds is 5. The lowest BCUT2D eigenvalue weighted by molar-refractivity contribution is -0.114. The molecule has 2 aromatic rings. The zero-order valence-electron chi connectivity index (χ0n) is 11.7. The van der Waals surface area contributed by atoms with Crippen LogP contribution in [0.1, 0.15) is 29.1 Å². The molecule has 0 aliphatic rings. The zero-order chi connectivity index (χ0) is 16.1. The summed E-state index contributed by atoms with van der Waals surface area (Å²) in [5, 5.41) is 17.5. The Morgan fingerprint density at radius 1 is 1.45 bits per heavy atom. The number of halogens is 1. The van der Waals surface area contributed by atoms with Crippen molar-refractivity contribution in [3.8, 4) is 0 Å². The summed E-state index contributed by atoms with van der Waals surface area (Å²) in [6, 6.07) is 6.79. The number of hydrogen-bond acceptors (Lipinski definition) is 5. The van der Waals surface area contributed by atoms with Crippen LogP contribution in [0.2, 0.25) is 5.02 Å². The van der Waals surface area contributed by atoms with E-state index in [9.17, 15) is 14.7 Å². The van der Waals surface area contributed by atoms with Crippen molar-refractivity contribution in [2.75, 3.05) is 11.9 Å². The van der Waals surface area contributed by atoms with Gasteiger partial charge in [0.1, 0.15) is 5.69 Å². The van der Waals surface area contributed by atoms with Gasteiger partial charge < -0.3 is 15.7 Å². The maximum atomic E-state index is 11.9. The summed E-state index contributed by atoms with van der Waals surface area (Å²) in [4.78, 5) is 26.8. The molecule has 1 aromatic heterocycles. The van der Waals surface area contributed by atoms with E-state index in [1.807, 2.05) is 0 Å². The van der Waals surface area contributed by atoms with Crippen molar-refractivity contribution in [3.63, 3.8) is 0 Å². The predicted molar refractivity (Wildman–Crippen MR) is 85.2 cm³/mol. The molecule has 0 unspecified atom stereocenters. The van der Waals surface area contributed by atoms with Crippen molar-refractivity contribution in [2.24, 2.45) is 0 Å². The fourth-order valence-corrected chi connectivity index (χ4v) is 2.63. The minimum Gasteiger partial charge on any atom is -0.387 e. The first-order chi connectivity index (χ1) is 10.5. The van der Waals surface area contributed by atoms with Gasteiger partial charge in [-0.25, -0.2) is 4.98 Å². The van der Waals surface area contributed by atoms with Gasteiger partial charge in [-0.3, -0.25) is 9.59 Å². The fourth-order valence-electron chi connectivity index (χ4n) is 1.70. The molecular formula is C14H14ClN3O3S. The maximum absolute atomic E-state index is 11.9. The molecule has 1 atom stereocenters. The monoisotopic (exact) mass is 339 g/mol. The predicted octanol–water partition coefficient (Wildman–Crippen LogP) is 2.22. The number of amides is 2. The normalized spacial score (nSPS) is 11.8. The number of benzene rings is 1. The number of carbonyl (C=O) groups excluding carboxylic acids is 2. The molecule has 116 valence electrons. The Morgan fingerprint density at radius 3 is 2.91 bits per heavy atom. The number of thiazole rings is 1. The number of aromatic nitrogens is 1. The summed E-state index contributed by atoms with van der Waals surface area (Å²) in [6.45, 7) is 1.40. The number of nitrogens with zero attached hydrogens (tertiary/aromatic N) is 1. The highest BCUT2D eigenvalue weighted by Gasteiger charge is 2.14. The van der Waals surface area contributed by atoms with Crippen LogP contribution < -0.4 is 10.6 Å². The van der Waals surface area contributed by atoms with Crippen LogP contribution in [0.3, 0.4) is 0 Å². The van der Waals surface area contributed by atoms with E-state index >= 15 is 0 Å². The number of aliphatic hydroxyl groups is 1. The van der Waals surface area contributed by atoms with Gasteiger partial charge in [-0.05, 0) is 17.7 Å². The van der Waals surface area contributed by atoms with Crippen molar-refractivity contribution < 1.29 is 14.7 Å². The maximum Gasteiger partial charge on any atom is 0.270 e. The topological polar surface area (TPSA) is 91.3 Å². The number of aliphatic hydroxyl groups excluding tert-OH is 1. The Balaban J connectivity index is 1.92. The van der Waals surface area contributed by atoms with Gasteiger partial charge in [0, 0.05) is 23.9 Å². The van der Waals surface area contributed by atoms with Crippen molar-refractivity contribution in [1.29, 1.82) is 0 Å². The Bertz CT molecular complexity index is 689. The van der Waals surface area contributed by atoms with Gasteiger partial charge in [0.2, 0.25) is 5.91 Å². The summed E-state index contributed by atoms with van der Waals surface area (Å²) in [6.07, 6.45) is -0.865. The molecule has 0 saturated heterocycles. The van der Waals surface area contributed by atoms with Crippen molar-refractivity contribution in [2.45, 2.75) is 13.0 Å². The Morgan fingerprint density at radius 2 is 2.23 bits per heavy atom. The van der Waals surface area contributed by atoms with Gasteiger partial charge >= 0.3 is 0 Å². The van der Waals surface area contributed by atoms with E-state index in [1.165, 1.54) is 12.3 Å². The van der Waals surface area contributed by atoms with Gasteiger partial charge in [0.15, 0.2) is 5.13 Å². The van der Waals surface area contributed by atoms with Gasteiger partial charge in [0.25, 0.3) is 5.91 Å². The highest BCUT2D eigenvalue weighted by Crippen LogP contribution is 2.18. The van der Waals surface area contributed by atoms with E-state index in [0.717, 1.165) is 11.3 Å². The summed E-state index contributed by atoms with van der Waals surface area (Å²) in [5.41, 5.74) is 0.803. The first-order valence-electron chi connectivity index (χ1n) is 6.40. The molecule has 2 amide bonds. The average Bonchev–Trinajstić information content (AvgIpc) is 2.92. The SMILES string of the molecule is CC(=O)Nc1nc(C(=O)NC[C@@H](O)c2cccc(Cl)c2)cs1. The lowest BCUT2D eigenvalue weighted by Gasteiger charge is -2.11. The van der Waals surface area contributed by atoms with Crippen LogP contribution in [0, 0.1) is 0 Å². The molecule has 0 radical (unpaired) electrons. The van der Waals surface area contributed by atoms with Gasteiger partial charge in [0.05, 0.1) is 6.10 Å². The summed E-state index contributed by atoms with van der Waals surface area (Å²) in [7, 11) is 0. The van der Waals surface area contributed by atoms with Crippen LogP contribution in [-0.2, 0) is 4.79 Å². The third kappa shape index (κ3) is 4.52. The fraction of sp³-hybridized carbons (Fsp3) is 0.214. The standard InChI is InChI=1S/C14H14ClN3O3S/c1-8(19)17-14-18-11(7-22-14)13(21)16-6-12(20)9-3-2-4-10(15)5-9/h2-5,7,12,20H,6H2,1H3,(H,16,21)(H,17,18,19)/t12-/m1/s1. The largest absolute Gasteiger partial charge is 0.387 e. The third-order valence-corrected chi connectivity index (χ3v) is 3.70. The molecule has 22 heavy (non-hydrogen) atoms. The van der Waals surface area contributed by atoms with Crippen molar-refractivity contribution >= 4 is 39.9 Å². The summed E-state index contributed by atoms with van der Waals surface area (Å²) in [5.74, 6) is -0.674. The molecule has 1 aromatic carbocycles. The van der Waals surface area contributed by atoms with E-state index in [4.69, 9.17) is 11.6 Å². The second-order valence-corrected chi connectivity index (χ2v) is 5.79. The quantitative estimate of drug-likeness (QED) is 0.779. The van der Waals surface area contributed by atoms with E-state index in [2.05, 4.69) is 15.6 Å².